The van der Waals surface area contributed by atoms with Gasteiger partial charge in [-0.2, -0.15) is 0 Å². The number of aryl methyl sites for hydroxylation is 1. The number of nitrogen functional groups attached to an aromatic ring is 1. The van der Waals surface area contributed by atoms with Crippen LogP contribution < -0.4 is 11.6 Å². The van der Waals surface area contributed by atoms with Crippen LogP contribution in [0.3, 0.4) is 0 Å². The van der Waals surface area contributed by atoms with Gasteiger partial charge in [-0.1, -0.05) is 53.7 Å². The van der Waals surface area contributed by atoms with Crippen LogP contribution in [0.1, 0.15) is 21.5 Å². The number of carbonyl (C=O) groups excluding carboxylic acids is 1. The molecule has 1 heterocycles. The maximum atomic E-state index is 11.1. The summed E-state index contributed by atoms with van der Waals surface area (Å²) in [6.45, 7) is 2.03. The Morgan fingerprint density at radius 1 is 1.08 bits per heavy atom. The molecule has 24 heavy (non-hydrogen) atoms. The second-order valence-corrected chi connectivity index (χ2v) is 6.33. The molecule has 122 valence electrons. The maximum absolute atomic E-state index is 11.1. The highest BCUT2D eigenvalue weighted by molar-refractivity contribution is 7.98. The van der Waals surface area contributed by atoms with E-state index < -0.39 is 5.91 Å². The van der Waals surface area contributed by atoms with Gasteiger partial charge in [0.25, 0.3) is 0 Å². The summed E-state index contributed by atoms with van der Waals surface area (Å²) in [4.78, 5) is 11.1. The molecular formula is C17H17N5OS. The summed E-state index contributed by atoms with van der Waals surface area (Å²) < 4.78 is 1.49. The van der Waals surface area contributed by atoms with Crippen molar-refractivity contribution >= 4 is 17.7 Å². The summed E-state index contributed by atoms with van der Waals surface area (Å²) in [5, 5.41) is 8.95. The Bertz CT molecular complexity index is 856. The number of thioether (sulfide) groups is 1. The SMILES string of the molecule is Cc1ccc(-c2nnc(SCc3ccc(C(N)=O)cc3)n2N)cc1. The standard InChI is InChI=1S/C17H17N5OS/c1-11-2-6-14(7-3-11)16-20-21-17(22(16)19)24-10-12-4-8-13(9-5-12)15(18)23/h2-9H,10,19H2,1H3,(H2,18,23). The fourth-order valence-electron chi connectivity index (χ4n) is 2.19. The first kappa shape index (κ1) is 16.1. The minimum absolute atomic E-state index is 0.432. The molecule has 3 aromatic rings. The third-order valence-electron chi connectivity index (χ3n) is 3.58. The fraction of sp³-hybridized carbons (Fsp3) is 0.118. The van der Waals surface area contributed by atoms with Gasteiger partial charge >= 0.3 is 0 Å². The van der Waals surface area contributed by atoms with Crippen molar-refractivity contribution < 1.29 is 4.79 Å². The largest absolute Gasteiger partial charge is 0.366 e. The quantitative estimate of drug-likeness (QED) is 0.549. The number of benzene rings is 2. The van der Waals surface area contributed by atoms with E-state index >= 15 is 0 Å². The van der Waals surface area contributed by atoms with Crippen LogP contribution in [0.25, 0.3) is 11.4 Å². The minimum atomic E-state index is -0.432. The molecule has 1 amide bonds. The molecule has 0 saturated heterocycles. The average molecular weight is 339 g/mol. The van der Waals surface area contributed by atoms with Crippen molar-refractivity contribution in [3.8, 4) is 11.4 Å². The molecule has 7 heteroatoms. The summed E-state index contributed by atoms with van der Waals surface area (Å²) in [5.74, 6) is 6.97. The van der Waals surface area contributed by atoms with Crippen LogP contribution in [-0.2, 0) is 5.75 Å². The Balaban J connectivity index is 1.72. The van der Waals surface area contributed by atoms with Crippen molar-refractivity contribution in [3.63, 3.8) is 0 Å². The predicted octanol–water partition coefficient (Wildman–Crippen LogP) is 2.36. The van der Waals surface area contributed by atoms with Gasteiger partial charge in [-0.25, -0.2) is 4.68 Å². The Morgan fingerprint density at radius 3 is 2.38 bits per heavy atom. The Labute approximate surface area is 143 Å². The molecule has 0 atom stereocenters. The zero-order chi connectivity index (χ0) is 17.1. The number of hydrogen-bond donors (Lipinski definition) is 2. The zero-order valence-corrected chi connectivity index (χ0v) is 14.0. The number of rotatable bonds is 5. The van der Waals surface area contributed by atoms with Gasteiger partial charge in [0.15, 0.2) is 5.82 Å². The molecule has 2 aromatic carbocycles. The van der Waals surface area contributed by atoms with Crippen LogP contribution in [0, 0.1) is 6.92 Å². The Morgan fingerprint density at radius 2 is 1.75 bits per heavy atom. The monoisotopic (exact) mass is 339 g/mol. The first-order chi connectivity index (χ1) is 11.5. The second kappa shape index (κ2) is 6.76. The van der Waals surface area contributed by atoms with Crippen LogP contribution in [0.15, 0.2) is 53.7 Å². The van der Waals surface area contributed by atoms with Gasteiger partial charge in [0.1, 0.15) is 0 Å². The molecule has 1 aromatic heterocycles. The van der Waals surface area contributed by atoms with Gasteiger partial charge in [0.2, 0.25) is 11.1 Å². The third kappa shape index (κ3) is 3.41. The highest BCUT2D eigenvalue weighted by atomic mass is 32.2. The molecule has 6 nitrogen and oxygen atoms in total. The topological polar surface area (TPSA) is 99.8 Å². The van der Waals surface area contributed by atoms with Crippen molar-refractivity contribution in [1.29, 1.82) is 0 Å². The van der Waals surface area contributed by atoms with Gasteiger partial charge in [-0.15, -0.1) is 10.2 Å². The normalized spacial score (nSPS) is 10.7. The van der Waals surface area contributed by atoms with E-state index in [1.807, 2.05) is 43.3 Å². The van der Waals surface area contributed by atoms with E-state index in [0.717, 1.165) is 11.1 Å². The van der Waals surface area contributed by atoms with Crippen LogP contribution in [0.2, 0.25) is 0 Å². The van der Waals surface area contributed by atoms with Crippen LogP contribution in [0.5, 0.6) is 0 Å². The van der Waals surface area contributed by atoms with Gasteiger partial charge in [-0.05, 0) is 24.6 Å². The average Bonchev–Trinajstić information content (AvgIpc) is 2.95. The minimum Gasteiger partial charge on any atom is -0.366 e. The van der Waals surface area contributed by atoms with E-state index in [9.17, 15) is 4.79 Å². The van der Waals surface area contributed by atoms with E-state index in [1.54, 1.807) is 12.1 Å². The highest BCUT2D eigenvalue weighted by Crippen LogP contribution is 2.24. The van der Waals surface area contributed by atoms with Crippen molar-refractivity contribution in [2.24, 2.45) is 5.73 Å². The number of hydrogen-bond acceptors (Lipinski definition) is 5. The van der Waals surface area contributed by atoms with Gasteiger partial charge < -0.3 is 11.6 Å². The van der Waals surface area contributed by atoms with Crippen LogP contribution in [-0.4, -0.2) is 20.8 Å². The Hall–Kier alpha value is -2.80. The fourth-order valence-corrected chi connectivity index (χ4v) is 3.00. The molecular weight excluding hydrogens is 322 g/mol. The van der Waals surface area contributed by atoms with E-state index in [4.69, 9.17) is 11.6 Å². The first-order valence-corrected chi connectivity index (χ1v) is 8.32. The van der Waals surface area contributed by atoms with E-state index in [1.165, 1.54) is 22.0 Å². The van der Waals surface area contributed by atoms with Crippen molar-refractivity contribution in [2.45, 2.75) is 17.8 Å². The van der Waals surface area contributed by atoms with E-state index in [0.29, 0.717) is 22.3 Å². The summed E-state index contributed by atoms with van der Waals surface area (Å²) in [7, 11) is 0. The molecule has 0 radical (unpaired) electrons. The lowest BCUT2D eigenvalue weighted by molar-refractivity contribution is 0.100. The summed E-state index contributed by atoms with van der Waals surface area (Å²) in [5.41, 5.74) is 8.87. The van der Waals surface area contributed by atoms with Crippen molar-refractivity contribution in [1.82, 2.24) is 14.9 Å². The molecule has 0 aliphatic heterocycles. The molecule has 0 bridgehead atoms. The summed E-state index contributed by atoms with van der Waals surface area (Å²) in [6.07, 6.45) is 0. The number of nitrogens with zero attached hydrogens (tertiary/aromatic N) is 3. The second-order valence-electron chi connectivity index (χ2n) is 5.39. The molecule has 0 unspecified atom stereocenters. The molecule has 4 N–H and O–H groups in total. The lowest BCUT2D eigenvalue weighted by Crippen LogP contribution is -2.11. The predicted molar refractivity (Wildman–Crippen MR) is 94.9 cm³/mol. The smallest absolute Gasteiger partial charge is 0.248 e. The molecule has 0 saturated carbocycles. The maximum Gasteiger partial charge on any atom is 0.248 e. The van der Waals surface area contributed by atoms with E-state index in [2.05, 4.69) is 10.2 Å². The lowest BCUT2D eigenvalue weighted by Gasteiger charge is -2.05. The van der Waals surface area contributed by atoms with Gasteiger partial charge in [0, 0.05) is 16.9 Å². The van der Waals surface area contributed by atoms with Crippen molar-refractivity contribution in [3.05, 3.63) is 65.2 Å². The zero-order valence-electron chi connectivity index (χ0n) is 13.1. The Kier molecular flexibility index (Phi) is 4.52. The number of carbonyl (C=O) groups is 1. The molecule has 0 aliphatic rings. The lowest BCUT2D eigenvalue weighted by atomic mass is 10.1. The molecule has 0 spiro atoms. The molecule has 0 aliphatic carbocycles. The number of nitrogens with two attached hydrogens (primary N) is 2. The molecule has 3 rings (SSSR count). The number of amides is 1. The first-order valence-electron chi connectivity index (χ1n) is 7.33. The third-order valence-corrected chi connectivity index (χ3v) is 4.59. The summed E-state index contributed by atoms with van der Waals surface area (Å²) >= 11 is 1.48. The van der Waals surface area contributed by atoms with Crippen LogP contribution >= 0.6 is 11.8 Å². The number of aromatic nitrogens is 3. The van der Waals surface area contributed by atoms with Crippen molar-refractivity contribution in [2.75, 3.05) is 5.84 Å². The van der Waals surface area contributed by atoms with Gasteiger partial charge in [0.05, 0.1) is 0 Å². The van der Waals surface area contributed by atoms with Crippen LogP contribution in [0.4, 0.5) is 0 Å². The highest BCUT2D eigenvalue weighted by Gasteiger charge is 2.12. The molecule has 0 fully saturated rings. The summed E-state index contributed by atoms with van der Waals surface area (Å²) in [6, 6.07) is 15.1. The number of primary amides is 1. The van der Waals surface area contributed by atoms with Gasteiger partial charge in [-0.3, -0.25) is 4.79 Å². The van der Waals surface area contributed by atoms with E-state index in [-0.39, 0.29) is 0 Å².